The molecule has 0 amide bonds. The fraction of sp³-hybridized carbons (Fsp3) is 0.294. The Hall–Kier alpha value is -0.730. The number of nitrogens with two attached hydrogens (primary N) is 1. The number of benzene rings is 2. The van der Waals surface area contributed by atoms with Gasteiger partial charge in [0.05, 0.1) is 16.6 Å². The highest BCUT2D eigenvalue weighted by atomic mass is 35.5. The lowest BCUT2D eigenvalue weighted by atomic mass is 10.1. The number of halogens is 3. The van der Waals surface area contributed by atoms with Gasteiger partial charge in [-0.3, -0.25) is 0 Å². The first-order valence-corrected chi connectivity index (χ1v) is 7.81. The molecule has 0 spiro atoms. The molecule has 4 heteroatoms. The summed E-state index contributed by atoms with van der Waals surface area (Å²) in [4.78, 5) is 0. The van der Waals surface area contributed by atoms with Crippen LogP contribution in [0.25, 0.3) is 0 Å². The maximum atomic E-state index is 6.00. The van der Waals surface area contributed by atoms with Crippen molar-refractivity contribution in [2.75, 3.05) is 6.54 Å². The zero-order valence-corrected chi connectivity index (χ0v) is 14.1. The molecule has 0 heterocycles. The monoisotopic (exact) mass is 343 g/mol. The van der Waals surface area contributed by atoms with Gasteiger partial charge in [-0.1, -0.05) is 59.6 Å². The number of aryl methyl sites for hydroxylation is 1. The second kappa shape index (κ2) is 10.1. The molecule has 1 nitrogen and oxygen atoms in total. The first-order valence-electron chi connectivity index (χ1n) is 7.05. The standard InChI is InChI=1S/C17H19Cl2N.ClH/c18-16-10-9-15(12-17(16)19)13-20-11-5-4-8-14-6-2-1-3-7-14;/h1-3,6-7,9-10,12,20H,4-5,8,11,13H2;1H. The second-order valence-corrected chi connectivity index (χ2v) is 5.79. The van der Waals surface area contributed by atoms with E-state index < -0.39 is 0 Å². The van der Waals surface area contributed by atoms with Crippen molar-refractivity contribution in [2.24, 2.45) is 0 Å². The van der Waals surface area contributed by atoms with Crippen LogP contribution in [0.15, 0.2) is 48.5 Å². The molecule has 114 valence electrons. The van der Waals surface area contributed by atoms with Crippen LogP contribution < -0.4 is 17.7 Å². The average molecular weight is 345 g/mol. The van der Waals surface area contributed by atoms with Gasteiger partial charge in [-0.2, -0.15) is 0 Å². The lowest BCUT2D eigenvalue weighted by Gasteiger charge is -2.04. The Morgan fingerprint density at radius 3 is 2.29 bits per heavy atom. The summed E-state index contributed by atoms with van der Waals surface area (Å²) in [6, 6.07) is 16.5. The van der Waals surface area contributed by atoms with E-state index in [0.29, 0.717) is 10.0 Å². The van der Waals surface area contributed by atoms with Gasteiger partial charge < -0.3 is 17.7 Å². The van der Waals surface area contributed by atoms with Crippen molar-refractivity contribution in [1.82, 2.24) is 0 Å². The van der Waals surface area contributed by atoms with E-state index in [-0.39, 0.29) is 12.4 Å². The third-order valence-electron chi connectivity index (χ3n) is 3.33. The molecule has 2 aromatic rings. The van der Waals surface area contributed by atoms with Crippen molar-refractivity contribution in [2.45, 2.75) is 25.8 Å². The molecule has 2 N–H and O–H groups in total. The number of unbranched alkanes of at least 4 members (excludes halogenated alkanes) is 1. The summed E-state index contributed by atoms with van der Waals surface area (Å²) in [5.41, 5.74) is 2.65. The van der Waals surface area contributed by atoms with E-state index in [1.165, 1.54) is 30.4 Å². The van der Waals surface area contributed by atoms with Gasteiger partial charge in [-0.05, 0) is 37.0 Å². The van der Waals surface area contributed by atoms with Crippen molar-refractivity contribution in [3.63, 3.8) is 0 Å². The van der Waals surface area contributed by atoms with E-state index in [1.54, 1.807) is 0 Å². The molecular formula is C17H20Cl3N. The third-order valence-corrected chi connectivity index (χ3v) is 4.07. The minimum Gasteiger partial charge on any atom is -1.00 e. The van der Waals surface area contributed by atoms with E-state index >= 15 is 0 Å². The molecule has 0 unspecified atom stereocenters. The first-order chi connectivity index (χ1) is 9.75. The Morgan fingerprint density at radius 2 is 1.57 bits per heavy atom. The highest BCUT2D eigenvalue weighted by molar-refractivity contribution is 6.42. The Balaban J connectivity index is 0.00000220. The Bertz CT molecular complexity index is 529. The highest BCUT2D eigenvalue weighted by Gasteiger charge is 2.01. The molecular weight excluding hydrogens is 325 g/mol. The Kier molecular flexibility index (Phi) is 8.79. The van der Waals surface area contributed by atoms with Crippen molar-refractivity contribution < 1.29 is 17.7 Å². The molecule has 0 aliphatic heterocycles. The van der Waals surface area contributed by atoms with E-state index in [1.807, 2.05) is 18.2 Å². The third kappa shape index (κ3) is 6.71. The number of hydrogen-bond acceptors (Lipinski definition) is 0. The van der Waals surface area contributed by atoms with Crippen LogP contribution >= 0.6 is 23.2 Å². The Labute approximate surface area is 143 Å². The SMILES string of the molecule is Clc1ccc(C[NH2+]CCCCc2ccccc2)cc1Cl.[Cl-]. The first kappa shape index (κ1) is 18.3. The fourth-order valence-corrected chi connectivity index (χ4v) is 2.52. The topological polar surface area (TPSA) is 16.6 Å². The van der Waals surface area contributed by atoms with E-state index in [9.17, 15) is 0 Å². The normalized spacial score (nSPS) is 10.2. The van der Waals surface area contributed by atoms with Crippen molar-refractivity contribution in [3.05, 3.63) is 69.7 Å². The average Bonchev–Trinajstić information content (AvgIpc) is 2.47. The van der Waals surface area contributed by atoms with E-state index in [0.717, 1.165) is 13.1 Å². The van der Waals surface area contributed by atoms with Crippen LogP contribution in [0.4, 0.5) is 0 Å². The van der Waals surface area contributed by atoms with Crippen LogP contribution in [0.1, 0.15) is 24.0 Å². The van der Waals surface area contributed by atoms with E-state index in [4.69, 9.17) is 23.2 Å². The van der Waals surface area contributed by atoms with Gasteiger partial charge in [0, 0.05) is 5.56 Å². The highest BCUT2D eigenvalue weighted by Crippen LogP contribution is 2.22. The smallest absolute Gasteiger partial charge is 0.101 e. The number of quaternary nitrogens is 1. The van der Waals surface area contributed by atoms with Crippen molar-refractivity contribution >= 4 is 23.2 Å². The summed E-state index contributed by atoms with van der Waals surface area (Å²) in [7, 11) is 0. The van der Waals surface area contributed by atoms with Crippen LogP contribution in [-0.2, 0) is 13.0 Å². The van der Waals surface area contributed by atoms with Gasteiger partial charge >= 0.3 is 0 Å². The predicted molar refractivity (Wildman–Crippen MR) is 86.3 cm³/mol. The summed E-state index contributed by atoms with van der Waals surface area (Å²) < 4.78 is 0. The molecule has 2 aromatic carbocycles. The van der Waals surface area contributed by atoms with Crippen LogP contribution in [0.2, 0.25) is 10.0 Å². The molecule has 0 saturated carbocycles. The molecule has 0 saturated heterocycles. The van der Waals surface area contributed by atoms with Gasteiger partial charge in [-0.25, -0.2) is 0 Å². The van der Waals surface area contributed by atoms with Crippen LogP contribution in [0.5, 0.6) is 0 Å². The van der Waals surface area contributed by atoms with Crippen LogP contribution in [-0.4, -0.2) is 6.54 Å². The molecule has 2 rings (SSSR count). The fourth-order valence-electron chi connectivity index (χ4n) is 2.20. The predicted octanol–water partition coefficient (Wildman–Crippen LogP) is 1.08. The van der Waals surface area contributed by atoms with Gasteiger partial charge in [0.15, 0.2) is 0 Å². The molecule has 0 aliphatic carbocycles. The molecule has 0 bridgehead atoms. The molecule has 0 atom stereocenters. The number of hydrogen-bond donors (Lipinski definition) is 1. The Morgan fingerprint density at radius 1 is 0.810 bits per heavy atom. The minimum absolute atomic E-state index is 0. The molecule has 21 heavy (non-hydrogen) atoms. The zero-order chi connectivity index (χ0) is 14.2. The summed E-state index contributed by atoms with van der Waals surface area (Å²) in [6.45, 7) is 2.11. The molecule has 0 radical (unpaired) electrons. The summed E-state index contributed by atoms with van der Waals surface area (Å²) in [5.74, 6) is 0. The van der Waals surface area contributed by atoms with Crippen LogP contribution in [0.3, 0.4) is 0 Å². The lowest BCUT2D eigenvalue weighted by Crippen LogP contribution is -3.00. The quantitative estimate of drug-likeness (QED) is 0.724. The largest absolute Gasteiger partial charge is 1.00 e. The number of rotatable bonds is 7. The van der Waals surface area contributed by atoms with Gasteiger partial charge in [-0.15, -0.1) is 0 Å². The second-order valence-electron chi connectivity index (χ2n) is 4.97. The van der Waals surface area contributed by atoms with Gasteiger partial charge in [0.2, 0.25) is 0 Å². The summed E-state index contributed by atoms with van der Waals surface area (Å²) in [6.07, 6.45) is 3.64. The van der Waals surface area contributed by atoms with Crippen molar-refractivity contribution in [1.29, 1.82) is 0 Å². The maximum Gasteiger partial charge on any atom is 0.101 e. The lowest BCUT2D eigenvalue weighted by molar-refractivity contribution is -0.670. The molecule has 0 aromatic heterocycles. The molecule has 0 aliphatic rings. The van der Waals surface area contributed by atoms with Gasteiger partial charge in [0.25, 0.3) is 0 Å². The van der Waals surface area contributed by atoms with Crippen molar-refractivity contribution in [3.8, 4) is 0 Å². The van der Waals surface area contributed by atoms with Gasteiger partial charge in [0.1, 0.15) is 6.54 Å². The minimum atomic E-state index is 0. The molecule has 0 fully saturated rings. The summed E-state index contributed by atoms with van der Waals surface area (Å²) in [5, 5.41) is 3.59. The maximum absolute atomic E-state index is 6.00. The van der Waals surface area contributed by atoms with E-state index in [2.05, 4.69) is 35.6 Å². The zero-order valence-electron chi connectivity index (χ0n) is 11.9. The van der Waals surface area contributed by atoms with Crippen LogP contribution in [0, 0.1) is 0 Å². The summed E-state index contributed by atoms with van der Waals surface area (Å²) >= 11 is 11.9.